The van der Waals surface area contributed by atoms with Crippen LogP contribution in [-0.2, 0) is 11.8 Å². The van der Waals surface area contributed by atoms with Gasteiger partial charge in [-0.25, -0.2) is 0 Å². The molecule has 1 aliphatic rings. The van der Waals surface area contributed by atoms with E-state index in [2.05, 4.69) is 28.1 Å². The second-order valence-corrected chi connectivity index (χ2v) is 5.18. The van der Waals surface area contributed by atoms with E-state index in [0.29, 0.717) is 11.8 Å². The molecule has 0 spiro atoms. The maximum Gasteiger partial charge on any atom is 0.167 e. The molecule has 0 N–H and O–H groups in total. The van der Waals surface area contributed by atoms with E-state index in [1.54, 1.807) is 0 Å². The number of alkyl halides is 1. The van der Waals surface area contributed by atoms with Gasteiger partial charge >= 0.3 is 0 Å². The summed E-state index contributed by atoms with van der Waals surface area (Å²) in [6.07, 6.45) is 1.40. The zero-order chi connectivity index (χ0) is 12.5. The van der Waals surface area contributed by atoms with E-state index in [1.165, 1.54) is 5.56 Å². The van der Waals surface area contributed by atoms with Gasteiger partial charge in [0, 0.05) is 12.8 Å². The van der Waals surface area contributed by atoms with E-state index < -0.39 is 0 Å². The number of hydrogen-bond donors (Lipinski definition) is 0. The molecule has 18 heavy (non-hydrogen) atoms. The van der Waals surface area contributed by atoms with Crippen LogP contribution in [0.15, 0.2) is 40.8 Å². The van der Waals surface area contributed by atoms with Crippen molar-refractivity contribution in [1.29, 1.82) is 0 Å². The predicted octanol–water partition coefficient (Wildman–Crippen LogP) is 4.09. The van der Waals surface area contributed by atoms with Gasteiger partial charge in [-0.15, -0.1) is 0 Å². The van der Waals surface area contributed by atoms with Crippen LogP contribution in [0.4, 0.5) is 0 Å². The molecule has 0 saturated carbocycles. The van der Waals surface area contributed by atoms with Crippen molar-refractivity contribution in [2.45, 2.75) is 24.1 Å². The number of carbonyl (C=O) groups is 1. The average Bonchev–Trinajstić information content (AvgIpc) is 2.83. The molecule has 3 heteroatoms. The minimum absolute atomic E-state index is 0.195. The fourth-order valence-corrected chi connectivity index (χ4v) is 2.80. The van der Waals surface area contributed by atoms with Gasteiger partial charge < -0.3 is 4.42 Å². The lowest BCUT2D eigenvalue weighted by molar-refractivity contribution is 0.0960. The molecule has 3 rings (SSSR count). The Morgan fingerprint density at radius 2 is 2.00 bits per heavy atom. The first-order valence-corrected chi connectivity index (χ1v) is 7.15. The minimum Gasteiger partial charge on any atom is -0.464 e. The molecule has 0 amide bonds. The van der Waals surface area contributed by atoms with E-state index in [9.17, 15) is 4.79 Å². The van der Waals surface area contributed by atoms with Crippen molar-refractivity contribution in [2.24, 2.45) is 0 Å². The molecule has 0 fully saturated rings. The Bertz CT molecular complexity index is 571. The Labute approximate surface area is 114 Å². The monoisotopic (exact) mass is 304 g/mol. The topological polar surface area (TPSA) is 30.2 Å². The van der Waals surface area contributed by atoms with E-state index in [0.717, 1.165) is 23.5 Å². The van der Waals surface area contributed by atoms with Crippen molar-refractivity contribution in [3.63, 3.8) is 0 Å². The Morgan fingerprint density at radius 3 is 2.72 bits per heavy atom. The highest BCUT2D eigenvalue weighted by Gasteiger charge is 2.29. The van der Waals surface area contributed by atoms with Crippen molar-refractivity contribution in [2.75, 3.05) is 0 Å². The van der Waals surface area contributed by atoms with Crippen molar-refractivity contribution in [3.8, 4) is 0 Å². The second kappa shape index (κ2) is 4.73. The molecular weight excluding hydrogens is 292 g/mol. The first-order valence-electron chi connectivity index (χ1n) is 6.03. The molecule has 0 bridgehead atoms. The molecule has 1 heterocycles. The molecule has 92 valence electrons. The maximum absolute atomic E-state index is 12.1. The second-order valence-electron chi connectivity index (χ2n) is 4.62. The summed E-state index contributed by atoms with van der Waals surface area (Å²) in [6.45, 7) is 0. The maximum atomic E-state index is 12.1. The molecule has 2 aromatic rings. The van der Waals surface area contributed by atoms with Crippen LogP contribution in [0.25, 0.3) is 0 Å². The van der Waals surface area contributed by atoms with Crippen LogP contribution in [0.1, 0.15) is 39.8 Å². The third-order valence-electron chi connectivity index (χ3n) is 3.43. The summed E-state index contributed by atoms with van der Waals surface area (Å²) in [7, 11) is 0. The molecule has 1 aromatic carbocycles. The van der Waals surface area contributed by atoms with Crippen molar-refractivity contribution < 1.29 is 9.21 Å². The summed E-state index contributed by atoms with van der Waals surface area (Å²) in [5.41, 5.74) is 1.99. The molecule has 1 unspecified atom stereocenters. The van der Waals surface area contributed by atoms with Crippen molar-refractivity contribution in [3.05, 3.63) is 59.0 Å². The highest BCUT2D eigenvalue weighted by Crippen LogP contribution is 2.34. The van der Waals surface area contributed by atoms with E-state index >= 15 is 0 Å². The highest BCUT2D eigenvalue weighted by molar-refractivity contribution is 9.08. The first kappa shape index (κ1) is 11.7. The highest BCUT2D eigenvalue weighted by atomic mass is 79.9. The van der Waals surface area contributed by atoms with Crippen LogP contribution in [-0.4, -0.2) is 5.78 Å². The molecule has 1 atom stereocenters. The summed E-state index contributed by atoms with van der Waals surface area (Å²) in [4.78, 5) is 12.1. The lowest BCUT2D eigenvalue weighted by Gasteiger charge is -2.20. The number of fused-ring (bicyclic) bond motifs is 1. The van der Waals surface area contributed by atoms with Gasteiger partial charge in [0.25, 0.3) is 0 Å². The third kappa shape index (κ3) is 2.03. The quantitative estimate of drug-likeness (QED) is 0.782. The van der Waals surface area contributed by atoms with E-state index in [4.69, 9.17) is 4.42 Å². The lowest BCUT2D eigenvalue weighted by Crippen LogP contribution is -2.17. The van der Waals surface area contributed by atoms with Crippen LogP contribution in [0.3, 0.4) is 0 Å². The zero-order valence-corrected chi connectivity index (χ0v) is 11.4. The Balaban J connectivity index is 1.94. The largest absolute Gasteiger partial charge is 0.464 e. The average molecular weight is 305 g/mol. The van der Waals surface area contributed by atoms with Gasteiger partial charge in [0.2, 0.25) is 0 Å². The van der Waals surface area contributed by atoms with Gasteiger partial charge in [-0.3, -0.25) is 4.79 Å². The number of hydrogen-bond acceptors (Lipinski definition) is 2. The van der Waals surface area contributed by atoms with Crippen LogP contribution < -0.4 is 0 Å². The van der Waals surface area contributed by atoms with Gasteiger partial charge in [0.15, 0.2) is 5.78 Å². The number of ketones is 1. The van der Waals surface area contributed by atoms with Gasteiger partial charge in [0.05, 0.1) is 10.9 Å². The lowest BCUT2D eigenvalue weighted by atomic mass is 9.83. The molecule has 0 aliphatic heterocycles. The summed E-state index contributed by atoms with van der Waals surface area (Å²) in [6, 6.07) is 12.1. The van der Waals surface area contributed by atoms with Gasteiger partial charge in [-0.2, -0.15) is 0 Å². The van der Waals surface area contributed by atoms with Crippen molar-refractivity contribution in [1.82, 2.24) is 0 Å². The number of benzene rings is 1. The number of furan rings is 1. The molecule has 2 nitrogen and oxygen atoms in total. The number of carbonyl (C=O) groups excluding carboxylic acids is 1. The molecular formula is C15H13BrO2. The SMILES string of the molecule is O=C1CC(c2ccccc2)Cc2oc(CBr)cc21. The normalized spacial score (nSPS) is 18.7. The number of halogens is 1. The predicted molar refractivity (Wildman–Crippen MR) is 73.2 cm³/mol. The molecule has 0 saturated heterocycles. The fraction of sp³-hybridized carbons (Fsp3) is 0.267. The van der Waals surface area contributed by atoms with Crippen LogP contribution in [0.2, 0.25) is 0 Å². The summed E-state index contributed by atoms with van der Waals surface area (Å²) >= 11 is 3.36. The fourth-order valence-electron chi connectivity index (χ4n) is 2.53. The Morgan fingerprint density at radius 1 is 1.22 bits per heavy atom. The summed E-state index contributed by atoms with van der Waals surface area (Å²) in [5, 5.41) is 0.656. The van der Waals surface area contributed by atoms with E-state index in [1.807, 2.05) is 24.3 Å². The van der Waals surface area contributed by atoms with E-state index in [-0.39, 0.29) is 11.7 Å². The number of Topliss-reactive ketones (excluding diaryl/α,β-unsaturated/α-hetero) is 1. The van der Waals surface area contributed by atoms with Gasteiger partial charge in [0.1, 0.15) is 11.5 Å². The third-order valence-corrected chi connectivity index (χ3v) is 3.98. The summed E-state index contributed by atoms with van der Waals surface area (Å²) < 4.78 is 5.71. The zero-order valence-electron chi connectivity index (χ0n) is 9.86. The van der Waals surface area contributed by atoms with Crippen LogP contribution in [0, 0.1) is 0 Å². The number of rotatable bonds is 2. The summed E-state index contributed by atoms with van der Waals surface area (Å²) in [5.74, 6) is 2.12. The van der Waals surface area contributed by atoms with Crippen molar-refractivity contribution >= 4 is 21.7 Å². The Hall–Kier alpha value is -1.35. The van der Waals surface area contributed by atoms with Gasteiger partial charge in [-0.05, 0) is 17.5 Å². The van der Waals surface area contributed by atoms with Gasteiger partial charge in [-0.1, -0.05) is 46.3 Å². The minimum atomic E-state index is 0.195. The Kier molecular flexibility index (Phi) is 3.08. The first-order chi connectivity index (χ1) is 8.78. The molecule has 0 radical (unpaired) electrons. The van der Waals surface area contributed by atoms with Crippen LogP contribution in [0.5, 0.6) is 0 Å². The smallest absolute Gasteiger partial charge is 0.167 e. The standard InChI is InChI=1S/C15H13BrO2/c16-9-12-8-13-14(17)6-11(7-15(13)18-12)10-4-2-1-3-5-10/h1-5,8,11H,6-7,9H2. The van der Waals surface area contributed by atoms with Crippen LogP contribution >= 0.6 is 15.9 Å². The molecule has 1 aliphatic carbocycles. The molecule has 1 aromatic heterocycles.